The topological polar surface area (TPSA) is 27.7 Å². The molecule has 1 aliphatic rings. The van der Waals surface area contributed by atoms with Gasteiger partial charge >= 0.3 is 0 Å². The number of halogens is 2. The van der Waals surface area contributed by atoms with Crippen LogP contribution in [-0.2, 0) is 14.2 Å². The summed E-state index contributed by atoms with van der Waals surface area (Å²) in [7, 11) is 0. The van der Waals surface area contributed by atoms with Gasteiger partial charge in [0.25, 0.3) is 0 Å². The van der Waals surface area contributed by atoms with Crippen molar-refractivity contribution in [2.24, 2.45) is 11.3 Å². The molecule has 0 saturated carbocycles. The van der Waals surface area contributed by atoms with Gasteiger partial charge in [-0.1, -0.05) is 94.0 Å². The summed E-state index contributed by atoms with van der Waals surface area (Å²) in [6, 6.07) is 9.98. The first-order chi connectivity index (χ1) is 15.0. The highest BCUT2D eigenvalue weighted by Gasteiger charge is 2.62. The van der Waals surface area contributed by atoms with Gasteiger partial charge in [-0.25, -0.2) is 4.39 Å². The lowest BCUT2D eigenvalue weighted by molar-refractivity contribution is -0.256. The van der Waals surface area contributed by atoms with E-state index in [1.807, 2.05) is 43.3 Å². The Bertz CT molecular complexity index is 743. The highest BCUT2D eigenvalue weighted by atomic mass is 127. The molecule has 0 aromatic heterocycles. The molecule has 0 saturated heterocycles. The summed E-state index contributed by atoms with van der Waals surface area (Å²) in [5.74, 6) is -1.23. The Morgan fingerprint density at radius 1 is 1.06 bits per heavy atom. The summed E-state index contributed by atoms with van der Waals surface area (Å²) in [5, 5.41) is 0. The fraction of sp³-hybridized carbons (Fsp3) is 0.704. The van der Waals surface area contributed by atoms with Crippen LogP contribution >= 0.6 is 22.6 Å². The van der Waals surface area contributed by atoms with Gasteiger partial charge in [-0.05, 0) is 43.7 Å². The van der Waals surface area contributed by atoms with Crippen molar-refractivity contribution in [3.63, 3.8) is 0 Å². The second-order valence-corrected chi connectivity index (χ2v) is 12.5. The number of benzene rings is 1. The summed E-state index contributed by atoms with van der Waals surface area (Å²) >= 11 is 2.37. The molecule has 32 heavy (non-hydrogen) atoms. The lowest BCUT2D eigenvalue weighted by Crippen LogP contribution is -2.61. The van der Waals surface area contributed by atoms with Crippen molar-refractivity contribution < 1.29 is 18.6 Å². The molecule has 0 amide bonds. The van der Waals surface area contributed by atoms with Gasteiger partial charge in [-0.3, -0.25) is 0 Å². The molecule has 5 heteroatoms. The van der Waals surface area contributed by atoms with Crippen molar-refractivity contribution in [2.45, 2.75) is 89.0 Å². The normalized spacial score (nSPS) is 29.6. The Morgan fingerprint density at radius 2 is 1.72 bits per heavy atom. The molecular formula is C27H42FIO3. The van der Waals surface area contributed by atoms with E-state index in [0.29, 0.717) is 19.6 Å². The largest absolute Gasteiger partial charge is 0.356 e. The molecule has 0 fully saturated rings. The third-order valence-electron chi connectivity index (χ3n) is 6.37. The molecule has 0 heterocycles. The minimum absolute atomic E-state index is 0.0971. The van der Waals surface area contributed by atoms with E-state index in [2.05, 4.69) is 64.1 Å². The Kier molecular flexibility index (Phi) is 9.78. The van der Waals surface area contributed by atoms with Crippen molar-refractivity contribution >= 4 is 28.2 Å². The van der Waals surface area contributed by atoms with E-state index in [9.17, 15) is 0 Å². The Balaban J connectivity index is 2.76. The van der Waals surface area contributed by atoms with Gasteiger partial charge in [0.1, 0.15) is 5.67 Å². The molecule has 1 aromatic carbocycles. The number of hydrogen-bond acceptors (Lipinski definition) is 3. The van der Waals surface area contributed by atoms with E-state index >= 15 is 4.39 Å². The summed E-state index contributed by atoms with van der Waals surface area (Å²) in [6.45, 7) is 15.8. The monoisotopic (exact) mass is 560 g/mol. The number of allylic oxidation sites excluding steroid dienone is 1. The molecule has 0 aliphatic heterocycles. The van der Waals surface area contributed by atoms with Crippen LogP contribution in [0.3, 0.4) is 0 Å². The smallest absolute Gasteiger partial charge is 0.212 e. The van der Waals surface area contributed by atoms with Crippen molar-refractivity contribution in [2.75, 3.05) is 20.0 Å². The SMILES string of the molecule is CCCOC1(OCOCC)C(c2ccccc2)=CC(F)(C(CCC)C(C)(C)C)CC1(C)I. The minimum atomic E-state index is -1.48. The first kappa shape index (κ1) is 27.7. The highest BCUT2D eigenvalue weighted by molar-refractivity contribution is 14.1. The first-order valence-electron chi connectivity index (χ1n) is 12.0. The molecule has 0 bridgehead atoms. The number of alkyl halides is 2. The standard InChI is InChI=1S/C27H42FIO3/c1-8-14-23(24(4,5)6)26(28)18-22(21-15-12-11-13-16-21)27(31-17-9-2,25(7,29)19-26)32-20-30-10-3/h11-13,15-16,18,23H,8-10,14,17,19-20H2,1-7H3. The van der Waals surface area contributed by atoms with Gasteiger partial charge in [0.05, 0.1) is 10.0 Å². The molecule has 1 aliphatic carbocycles. The zero-order valence-electron chi connectivity index (χ0n) is 21.0. The quantitative estimate of drug-likeness (QED) is 0.119. The minimum Gasteiger partial charge on any atom is -0.356 e. The van der Waals surface area contributed by atoms with Crippen LogP contribution in [0.25, 0.3) is 5.57 Å². The van der Waals surface area contributed by atoms with Crippen LogP contribution < -0.4 is 0 Å². The fourth-order valence-corrected chi connectivity index (χ4v) is 6.23. The fourth-order valence-electron chi connectivity index (χ4n) is 5.04. The molecule has 182 valence electrons. The highest BCUT2D eigenvalue weighted by Crippen LogP contribution is 2.58. The second kappa shape index (κ2) is 11.3. The van der Waals surface area contributed by atoms with Crippen molar-refractivity contribution in [3.8, 4) is 0 Å². The van der Waals surface area contributed by atoms with Gasteiger partial charge in [-0.15, -0.1) is 0 Å². The van der Waals surface area contributed by atoms with Crippen LogP contribution in [0, 0.1) is 11.3 Å². The summed E-state index contributed by atoms with van der Waals surface area (Å²) in [6.07, 6.45) is 4.76. The van der Waals surface area contributed by atoms with E-state index in [1.165, 1.54) is 0 Å². The Hall–Kier alpha value is -0.500. The zero-order valence-corrected chi connectivity index (χ0v) is 23.1. The van der Waals surface area contributed by atoms with Gasteiger partial charge in [0.15, 0.2) is 6.79 Å². The van der Waals surface area contributed by atoms with E-state index in [0.717, 1.165) is 30.4 Å². The lowest BCUT2D eigenvalue weighted by atomic mass is 9.62. The van der Waals surface area contributed by atoms with Gasteiger partial charge < -0.3 is 14.2 Å². The number of hydrogen-bond donors (Lipinski definition) is 0. The van der Waals surface area contributed by atoms with E-state index in [-0.39, 0.29) is 18.1 Å². The van der Waals surface area contributed by atoms with E-state index in [1.54, 1.807) is 0 Å². The van der Waals surface area contributed by atoms with Gasteiger partial charge in [0.2, 0.25) is 5.79 Å². The second-order valence-electron chi connectivity index (χ2n) is 10.2. The van der Waals surface area contributed by atoms with Gasteiger partial charge in [0, 0.05) is 24.5 Å². The first-order valence-corrected chi connectivity index (χ1v) is 13.1. The maximum Gasteiger partial charge on any atom is 0.212 e. The van der Waals surface area contributed by atoms with E-state index < -0.39 is 14.9 Å². The summed E-state index contributed by atoms with van der Waals surface area (Å²) in [5.41, 5.74) is 0.0338. The molecular weight excluding hydrogens is 518 g/mol. The molecule has 0 radical (unpaired) electrons. The average molecular weight is 561 g/mol. The van der Waals surface area contributed by atoms with Crippen LogP contribution in [-0.4, -0.2) is 34.9 Å². The van der Waals surface area contributed by atoms with E-state index in [4.69, 9.17) is 14.2 Å². The molecule has 4 unspecified atom stereocenters. The third kappa shape index (κ3) is 5.94. The Labute approximate surface area is 208 Å². The van der Waals surface area contributed by atoms with Gasteiger partial charge in [-0.2, -0.15) is 0 Å². The van der Waals surface area contributed by atoms with Crippen LogP contribution in [0.1, 0.15) is 79.7 Å². The maximum atomic E-state index is 17.2. The predicted molar refractivity (Wildman–Crippen MR) is 140 cm³/mol. The van der Waals surface area contributed by atoms with Crippen LogP contribution in [0.4, 0.5) is 4.39 Å². The number of rotatable bonds is 11. The Morgan fingerprint density at radius 3 is 2.25 bits per heavy atom. The molecule has 3 nitrogen and oxygen atoms in total. The summed E-state index contributed by atoms with van der Waals surface area (Å²) < 4.78 is 35.1. The lowest BCUT2D eigenvalue weighted by Gasteiger charge is -2.54. The predicted octanol–water partition coefficient (Wildman–Crippen LogP) is 7.97. The molecule has 1 aromatic rings. The van der Waals surface area contributed by atoms with Crippen LogP contribution in [0.5, 0.6) is 0 Å². The zero-order chi connectivity index (χ0) is 24.0. The van der Waals surface area contributed by atoms with Crippen LogP contribution in [0.2, 0.25) is 0 Å². The van der Waals surface area contributed by atoms with Crippen LogP contribution in [0.15, 0.2) is 36.4 Å². The summed E-state index contributed by atoms with van der Waals surface area (Å²) in [4.78, 5) is 0. The maximum absolute atomic E-state index is 17.2. The average Bonchev–Trinajstić information content (AvgIpc) is 2.72. The van der Waals surface area contributed by atoms with Crippen molar-refractivity contribution in [1.29, 1.82) is 0 Å². The molecule has 4 atom stereocenters. The molecule has 0 N–H and O–H groups in total. The number of ether oxygens (including phenoxy) is 3. The third-order valence-corrected chi connectivity index (χ3v) is 7.47. The van der Waals surface area contributed by atoms with Crippen molar-refractivity contribution in [3.05, 3.63) is 42.0 Å². The van der Waals surface area contributed by atoms with Crippen molar-refractivity contribution in [1.82, 2.24) is 0 Å². The molecule has 2 rings (SSSR count). The molecule has 0 spiro atoms.